The first-order valence-electron chi connectivity index (χ1n) is 10.5. The van der Waals surface area contributed by atoms with Crippen LogP contribution < -0.4 is 4.74 Å². The molecule has 0 saturated heterocycles. The number of carboxylic acid groups (broad SMARTS) is 1. The van der Waals surface area contributed by atoms with E-state index in [4.69, 9.17) is 4.74 Å². The van der Waals surface area contributed by atoms with E-state index in [2.05, 4.69) is 0 Å². The lowest BCUT2D eigenvalue weighted by atomic mass is 9.94. The number of amides is 1. The van der Waals surface area contributed by atoms with E-state index in [1.165, 1.54) is 18.2 Å². The van der Waals surface area contributed by atoms with Crippen molar-refractivity contribution in [2.75, 3.05) is 6.61 Å². The van der Waals surface area contributed by atoms with Gasteiger partial charge in [0.2, 0.25) is 5.91 Å². The molecule has 0 aliphatic carbocycles. The fraction of sp³-hybridized carbons (Fsp3) is 0.231. The van der Waals surface area contributed by atoms with Crippen molar-refractivity contribution in [3.63, 3.8) is 0 Å². The number of carbonyl (C=O) groups excluding carboxylic acids is 1. The van der Waals surface area contributed by atoms with E-state index < -0.39 is 5.97 Å². The van der Waals surface area contributed by atoms with Gasteiger partial charge in [0.1, 0.15) is 18.2 Å². The molecule has 1 aliphatic heterocycles. The Hall–Kier alpha value is -3.67. The SMILES string of the molecule is C[C@H](c1ccc(F)cc1)N(Cc1cccc(C(=O)O)c1)C(=O)C1COc2ccccc2C1. The summed E-state index contributed by atoms with van der Waals surface area (Å²) in [6, 6.07) is 20.0. The van der Waals surface area contributed by atoms with Gasteiger partial charge in [-0.3, -0.25) is 4.79 Å². The van der Waals surface area contributed by atoms with E-state index in [-0.39, 0.29) is 42.4 Å². The molecule has 2 atom stereocenters. The predicted octanol–water partition coefficient (Wildman–Crippen LogP) is 4.87. The van der Waals surface area contributed by atoms with Gasteiger partial charge in [0.15, 0.2) is 0 Å². The molecule has 0 bridgehead atoms. The lowest BCUT2D eigenvalue weighted by Crippen LogP contribution is -2.41. The summed E-state index contributed by atoms with van der Waals surface area (Å²) >= 11 is 0. The number of hydrogen-bond acceptors (Lipinski definition) is 3. The summed E-state index contributed by atoms with van der Waals surface area (Å²) < 4.78 is 19.3. The molecular weight excluding hydrogens is 409 g/mol. The van der Waals surface area contributed by atoms with Gasteiger partial charge in [-0.15, -0.1) is 0 Å². The second kappa shape index (κ2) is 9.22. The van der Waals surface area contributed by atoms with Crippen LogP contribution in [-0.2, 0) is 17.8 Å². The van der Waals surface area contributed by atoms with E-state index in [0.29, 0.717) is 12.0 Å². The molecule has 3 aromatic rings. The Kier molecular flexibility index (Phi) is 6.21. The van der Waals surface area contributed by atoms with Crippen molar-refractivity contribution in [2.45, 2.75) is 25.9 Å². The van der Waals surface area contributed by atoms with Gasteiger partial charge >= 0.3 is 5.97 Å². The number of para-hydroxylation sites is 1. The Balaban J connectivity index is 1.64. The number of carboxylic acids is 1. The van der Waals surface area contributed by atoms with E-state index >= 15 is 0 Å². The number of ether oxygens (including phenoxy) is 1. The highest BCUT2D eigenvalue weighted by atomic mass is 19.1. The molecule has 1 amide bonds. The summed E-state index contributed by atoms with van der Waals surface area (Å²) in [6.45, 7) is 2.40. The molecule has 1 aliphatic rings. The van der Waals surface area contributed by atoms with Crippen molar-refractivity contribution in [1.29, 1.82) is 0 Å². The third-order valence-corrected chi connectivity index (χ3v) is 5.86. The molecule has 0 fully saturated rings. The predicted molar refractivity (Wildman–Crippen MR) is 118 cm³/mol. The second-order valence-corrected chi connectivity index (χ2v) is 8.02. The summed E-state index contributed by atoms with van der Waals surface area (Å²) in [6.07, 6.45) is 0.566. The van der Waals surface area contributed by atoms with Crippen LogP contribution in [-0.4, -0.2) is 28.5 Å². The fourth-order valence-electron chi connectivity index (χ4n) is 4.05. The Morgan fingerprint density at radius 3 is 2.59 bits per heavy atom. The van der Waals surface area contributed by atoms with Crippen molar-refractivity contribution in [3.05, 3.63) is 101 Å². The van der Waals surface area contributed by atoms with Crippen LogP contribution in [0.15, 0.2) is 72.8 Å². The topological polar surface area (TPSA) is 66.8 Å². The first kappa shape index (κ1) is 21.6. The average Bonchev–Trinajstić information content (AvgIpc) is 2.82. The van der Waals surface area contributed by atoms with Crippen LogP contribution in [0.25, 0.3) is 0 Å². The molecule has 6 heteroatoms. The van der Waals surface area contributed by atoms with Crippen LogP contribution in [0.1, 0.15) is 40.0 Å². The lowest BCUT2D eigenvalue weighted by molar-refractivity contribution is -0.140. The van der Waals surface area contributed by atoms with Gasteiger partial charge in [-0.2, -0.15) is 0 Å². The number of nitrogens with zero attached hydrogens (tertiary/aromatic N) is 1. The molecule has 0 spiro atoms. The van der Waals surface area contributed by atoms with Crippen LogP contribution in [0.3, 0.4) is 0 Å². The third-order valence-electron chi connectivity index (χ3n) is 5.86. The van der Waals surface area contributed by atoms with Gasteiger partial charge in [0, 0.05) is 6.54 Å². The first-order valence-corrected chi connectivity index (χ1v) is 10.5. The molecule has 164 valence electrons. The molecule has 4 rings (SSSR count). The lowest BCUT2D eigenvalue weighted by Gasteiger charge is -2.34. The Morgan fingerprint density at radius 1 is 1.09 bits per heavy atom. The first-order chi connectivity index (χ1) is 15.4. The van der Waals surface area contributed by atoms with Crippen molar-refractivity contribution >= 4 is 11.9 Å². The molecular formula is C26H24FNO4. The van der Waals surface area contributed by atoms with Crippen molar-refractivity contribution in [3.8, 4) is 5.75 Å². The number of fused-ring (bicyclic) bond motifs is 1. The normalized spacial score (nSPS) is 15.9. The van der Waals surface area contributed by atoms with Gasteiger partial charge in [-0.05, 0) is 60.4 Å². The van der Waals surface area contributed by atoms with Gasteiger partial charge in [0.05, 0.1) is 17.5 Å². The molecule has 1 N–H and O–H groups in total. The molecule has 1 unspecified atom stereocenters. The second-order valence-electron chi connectivity index (χ2n) is 8.02. The Bertz CT molecular complexity index is 1130. The zero-order valence-corrected chi connectivity index (χ0v) is 17.7. The summed E-state index contributed by atoms with van der Waals surface area (Å²) in [7, 11) is 0. The number of hydrogen-bond donors (Lipinski definition) is 1. The van der Waals surface area contributed by atoms with Crippen molar-refractivity contribution < 1.29 is 23.8 Å². The maximum absolute atomic E-state index is 13.7. The van der Waals surface area contributed by atoms with E-state index in [9.17, 15) is 19.1 Å². The average molecular weight is 433 g/mol. The van der Waals surface area contributed by atoms with Crippen molar-refractivity contribution in [1.82, 2.24) is 4.90 Å². The molecule has 1 heterocycles. The monoisotopic (exact) mass is 433 g/mol. The number of aromatic carboxylic acids is 1. The number of benzene rings is 3. The smallest absolute Gasteiger partial charge is 0.335 e. The zero-order valence-electron chi connectivity index (χ0n) is 17.7. The molecule has 0 aromatic heterocycles. The van der Waals surface area contributed by atoms with Crippen molar-refractivity contribution in [2.24, 2.45) is 5.92 Å². The summed E-state index contributed by atoms with van der Waals surface area (Å²) in [5, 5.41) is 9.33. The van der Waals surface area contributed by atoms with Crippen LogP contribution in [0.4, 0.5) is 4.39 Å². The molecule has 3 aromatic carbocycles. The van der Waals surface area contributed by atoms with Gasteiger partial charge < -0.3 is 14.7 Å². The largest absolute Gasteiger partial charge is 0.492 e. The molecule has 0 saturated carbocycles. The van der Waals surface area contributed by atoms with E-state index in [0.717, 1.165) is 16.9 Å². The van der Waals surface area contributed by atoms with Gasteiger partial charge in [0.25, 0.3) is 0 Å². The summed E-state index contributed by atoms with van der Waals surface area (Å²) in [5.74, 6) is -1.02. The number of carbonyl (C=O) groups is 2. The Morgan fingerprint density at radius 2 is 1.84 bits per heavy atom. The van der Waals surface area contributed by atoms with Gasteiger partial charge in [-0.25, -0.2) is 9.18 Å². The third kappa shape index (κ3) is 4.64. The fourth-order valence-corrected chi connectivity index (χ4v) is 4.05. The maximum Gasteiger partial charge on any atom is 0.335 e. The van der Waals surface area contributed by atoms with Crippen LogP contribution in [0, 0.1) is 11.7 Å². The highest BCUT2D eigenvalue weighted by Gasteiger charge is 2.32. The quantitative estimate of drug-likeness (QED) is 0.603. The molecule has 5 nitrogen and oxygen atoms in total. The molecule has 32 heavy (non-hydrogen) atoms. The summed E-state index contributed by atoms with van der Waals surface area (Å²) in [4.78, 5) is 26.8. The highest BCUT2D eigenvalue weighted by molar-refractivity contribution is 5.87. The maximum atomic E-state index is 13.7. The van der Waals surface area contributed by atoms with E-state index in [1.807, 2.05) is 31.2 Å². The minimum atomic E-state index is -1.02. The minimum Gasteiger partial charge on any atom is -0.492 e. The highest BCUT2D eigenvalue weighted by Crippen LogP contribution is 2.31. The zero-order chi connectivity index (χ0) is 22.7. The Labute approximate surface area is 186 Å². The summed E-state index contributed by atoms with van der Waals surface area (Å²) in [5.41, 5.74) is 2.66. The van der Waals surface area contributed by atoms with Gasteiger partial charge in [-0.1, -0.05) is 42.5 Å². The molecule has 0 radical (unpaired) electrons. The van der Waals surface area contributed by atoms with E-state index in [1.54, 1.807) is 35.2 Å². The standard InChI is InChI=1S/C26H24FNO4/c1-17(19-9-11-23(27)12-10-19)28(15-18-5-4-7-21(13-18)26(30)31)25(29)22-14-20-6-2-3-8-24(20)32-16-22/h2-13,17,22H,14-16H2,1H3,(H,30,31)/t17-,22?/m1/s1. The minimum absolute atomic E-state index is 0.0861. The van der Waals surface area contributed by atoms with Crippen LogP contribution in [0.2, 0.25) is 0 Å². The van der Waals surface area contributed by atoms with Crippen LogP contribution in [0.5, 0.6) is 5.75 Å². The number of halogens is 1. The van der Waals surface area contributed by atoms with Crippen LogP contribution >= 0.6 is 0 Å². The number of rotatable bonds is 6.